The molecule has 10 heteroatoms. The number of methoxy groups -OCH3 is 3. The Morgan fingerprint density at radius 3 is 2.30 bits per heavy atom. The highest BCUT2D eigenvalue weighted by Crippen LogP contribution is 2.29. The summed E-state index contributed by atoms with van der Waals surface area (Å²) >= 11 is 0. The molecule has 0 fully saturated rings. The van der Waals surface area contributed by atoms with Crippen molar-refractivity contribution in [3.05, 3.63) is 58.2 Å². The summed E-state index contributed by atoms with van der Waals surface area (Å²) in [6.07, 6.45) is 2.65. The van der Waals surface area contributed by atoms with Crippen LogP contribution in [0.5, 0.6) is 17.2 Å². The molecule has 30 heavy (non-hydrogen) atoms. The summed E-state index contributed by atoms with van der Waals surface area (Å²) in [6, 6.07) is 8.81. The Balaban J connectivity index is 1.95. The van der Waals surface area contributed by atoms with Crippen molar-refractivity contribution in [1.29, 1.82) is 0 Å². The highest BCUT2D eigenvalue weighted by molar-refractivity contribution is 5.96. The van der Waals surface area contributed by atoms with Crippen LogP contribution in [0.25, 0.3) is 6.08 Å². The number of ether oxygens (including phenoxy) is 4. The molecule has 0 bridgehead atoms. The van der Waals surface area contributed by atoms with Crippen LogP contribution in [0.2, 0.25) is 0 Å². The fourth-order valence-corrected chi connectivity index (χ4v) is 2.40. The molecule has 0 aromatic heterocycles. The van der Waals surface area contributed by atoms with Crippen LogP contribution in [-0.2, 0) is 14.3 Å². The number of nitrogens with one attached hydrogen (secondary N) is 1. The van der Waals surface area contributed by atoms with Crippen LogP contribution in [0.15, 0.2) is 42.5 Å². The number of hydrogen-bond donors (Lipinski definition) is 1. The summed E-state index contributed by atoms with van der Waals surface area (Å²) in [4.78, 5) is 34.2. The van der Waals surface area contributed by atoms with Crippen LogP contribution in [-0.4, -0.2) is 44.7 Å². The van der Waals surface area contributed by atoms with Crippen molar-refractivity contribution in [3.8, 4) is 17.2 Å². The van der Waals surface area contributed by atoms with Gasteiger partial charge in [0.15, 0.2) is 18.1 Å². The van der Waals surface area contributed by atoms with Crippen molar-refractivity contribution in [2.24, 2.45) is 0 Å². The predicted octanol–water partition coefficient (Wildman–Crippen LogP) is 2.82. The number of benzene rings is 2. The molecular formula is C20H20N2O8. The highest BCUT2D eigenvalue weighted by Gasteiger charge is 2.14. The van der Waals surface area contributed by atoms with Crippen molar-refractivity contribution in [1.82, 2.24) is 0 Å². The van der Waals surface area contributed by atoms with Gasteiger partial charge in [0, 0.05) is 18.2 Å². The molecule has 0 saturated heterocycles. The van der Waals surface area contributed by atoms with Crippen LogP contribution in [0.3, 0.4) is 0 Å². The van der Waals surface area contributed by atoms with Crippen LogP contribution < -0.4 is 19.5 Å². The molecule has 0 atom stereocenters. The van der Waals surface area contributed by atoms with E-state index in [9.17, 15) is 19.7 Å². The van der Waals surface area contributed by atoms with E-state index in [-0.39, 0.29) is 17.1 Å². The number of esters is 1. The summed E-state index contributed by atoms with van der Waals surface area (Å²) in [5, 5.41) is 13.3. The summed E-state index contributed by atoms with van der Waals surface area (Å²) in [6.45, 7) is -0.582. The molecule has 0 unspecified atom stereocenters. The Kier molecular flexibility index (Phi) is 7.74. The van der Waals surface area contributed by atoms with Crippen molar-refractivity contribution in [3.63, 3.8) is 0 Å². The molecule has 2 rings (SSSR count). The number of hydrogen-bond acceptors (Lipinski definition) is 8. The van der Waals surface area contributed by atoms with Gasteiger partial charge in [-0.15, -0.1) is 0 Å². The third-order valence-electron chi connectivity index (χ3n) is 3.83. The largest absolute Gasteiger partial charge is 0.495 e. The molecular weight excluding hydrogens is 396 g/mol. The summed E-state index contributed by atoms with van der Waals surface area (Å²) in [5.41, 5.74) is 0.532. The second-order valence-electron chi connectivity index (χ2n) is 5.75. The Morgan fingerprint density at radius 2 is 1.67 bits per heavy atom. The average molecular weight is 416 g/mol. The van der Waals surface area contributed by atoms with Crippen molar-refractivity contribution in [2.45, 2.75) is 0 Å². The molecule has 0 aliphatic carbocycles. The van der Waals surface area contributed by atoms with E-state index in [4.69, 9.17) is 18.9 Å². The molecule has 0 spiro atoms. The zero-order valence-electron chi connectivity index (χ0n) is 16.5. The molecule has 0 saturated carbocycles. The molecule has 2 aromatic carbocycles. The number of carbonyl (C=O) groups is 2. The number of rotatable bonds is 9. The van der Waals surface area contributed by atoms with E-state index in [1.54, 1.807) is 18.2 Å². The van der Waals surface area contributed by atoms with Crippen LogP contribution in [0.4, 0.5) is 11.4 Å². The zero-order valence-corrected chi connectivity index (χ0v) is 16.5. The molecule has 0 heterocycles. The molecule has 1 N–H and O–H groups in total. The first-order valence-electron chi connectivity index (χ1n) is 8.57. The minimum atomic E-state index is -0.744. The van der Waals surface area contributed by atoms with Gasteiger partial charge >= 0.3 is 5.97 Å². The highest BCUT2D eigenvalue weighted by atomic mass is 16.6. The molecule has 0 radical (unpaired) electrons. The molecule has 0 aliphatic heterocycles. The van der Waals surface area contributed by atoms with Gasteiger partial charge in [-0.2, -0.15) is 0 Å². The first kappa shape index (κ1) is 22.2. The number of amides is 1. The smallest absolute Gasteiger partial charge is 0.331 e. The fraction of sp³-hybridized carbons (Fsp3) is 0.200. The SMILES string of the molecule is COc1ccc([N+](=O)[O-])cc1NC(=O)COC(=O)/C=C/c1ccc(OC)c(OC)c1. The third-order valence-corrected chi connectivity index (χ3v) is 3.83. The van der Waals surface area contributed by atoms with Crippen molar-refractivity contribution < 1.29 is 33.5 Å². The number of carbonyl (C=O) groups excluding carboxylic acids is 2. The minimum absolute atomic E-state index is 0.0913. The van der Waals surface area contributed by atoms with E-state index in [1.165, 1.54) is 39.5 Å². The Morgan fingerprint density at radius 1 is 1.00 bits per heavy atom. The maximum Gasteiger partial charge on any atom is 0.331 e. The number of non-ortho nitro benzene ring substituents is 1. The molecule has 2 aromatic rings. The van der Waals surface area contributed by atoms with E-state index in [2.05, 4.69) is 5.32 Å². The Bertz CT molecular complexity index is 971. The Hall–Kier alpha value is -4.08. The molecule has 10 nitrogen and oxygen atoms in total. The summed E-state index contributed by atoms with van der Waals surface area (Å²) in [7, 11) is 4.36. The molecule has 158 valence electrons. The first-order chi connectivity index (χ1) is 14.4. The number of nitro groups is 1. The van der Waals surface area contributed by atoms with E-state index in [1.807, 2.05) is 0 Å². The van der Waals surface area contributed by atoms with Crippen molar-refractivity contribution >= 4 is 29.3 Å². The molecule has 0 aliphatic rings. The van der Waals surface area contributed by atoms with Crippen LogP contribution >= 0.6 is 0 Å². The third kappa shape index (κ3) is 5.96. The first-order valence-corrected chi connectivity index (χ1v) is 8.57. The predicted molar refractivity (Wildman–Crippen MR) is 108 cm³/mol. The number of nitro benzene ring substituents is 1. The van der Waals surface area contributed by atoms with Gasteiger partial charge < -0.3 is 24.3 Å². The van der Waals surface area contributed by atoms with Gasteiger partial charge in [-0.05, 0) is 29.8 Å². The van der Waals surface area contributed by atoms with Gasteiger partial charge in [0.2, 0.25) is 0 Å². The van der Waals surface area contributed by atoms with Gasteiger partial charge in [-0.3, -0.25) is 14.9 Å². The monoisotopic (exact) mass is 416 g/mol. The van der Waals surface area contributed by atoms with Gasteiger partial charge in [-0.1, -0.05) is 6.07 Å². The van der Waals surface area contributed by atoms with Crippen LogP contribution in [0, 0.1) is 10.1 Å². The normalized spacial score (nSPS) is 10.4. The maximum atomic E-state index is 12.0. The van der Waals surface area contributed by atoms with E-state index >= 15 is 0 Å². The van der Waals surface area contributed by atoms with E-state index in [0.717, 1.165) is 12.1 Å². The lowest BCUT2D eigenvalue weighted by molar-refractivity contribution is -0.384. The number of anilines is 1. The minimum Gasteiger partial charge on any atom is -0.495 e. The van der Waals surface area contributed by atoms with E-state index < -0.39 is 23.4 Å². The molecule has 1 amide bonds. The fourth-order valence-electron chi connectivity index (χ4n) is 2.40. The lowest BCUT2D eigenvalue weighted by Crippen LogP contribution is -2.20. The summed E-state index contributed by atoms with van der Waals surface area (Å²) in [5.74, 6) is -0.148. The lowest BCUT2D eigenvalue weighted by Gasteiger charge is -2.10. The second-order valence-corrected chi connectivity index (χ2v) is 5.75. The zero-order chi connectivity index (χ0) is 22.1. The summed E-state index contributed by atoms with van der Waals surface area (Å²) < 4.78 is 20.3. The van der Waals surface area contributed by atoms with Gasteiger partial charge in [0.05, 0.1) is 31.9 Å². The topological polar surface area (TPSA) is 126 Å². The van der Waals surface area contributed by atoms with E-state index in [0.29, 0.717) is 17.1 Å². The standard InChI is InChI=1S/C20H20N2O8/c1-27-16-8-6-14(22(25)26)11-15(16)21-19(23)12-30-20(24)9-5-13-4-7-17(28-2)18(10-13)29-3/h4-11H,12H2,1-3H3,(H,21,23)/b9-5+. The van der Waals surface area contributed by atoms with Crippen LogP contribution in [0.1, 0.15) is 5.56 Å². The Labute approximate surface area is 172 Å². The van der Waals surface area contributed by atoms with Crippen molar-refractivity contribution in [2.75, 3.05) is 33.3 Å². The lowest BCUT2D eigenvalue weighted by atomic mass is 10.2. The quantitative estimate of drug-likeness (QED) is 0.286. The van der Waals surface area contributed by atoms with Gasteiger partial charge in [0.1, 0.15) is 5.75 Å². The van der Waals surface area contributed by atoms with Gasteiger partial charge in [0.25, 0.3) is 11.6 Å². The number of nitrogens with zero attached hydrogens (tertiary/aromatic N) is 1. The average Bonchev–Trinajstić information content (AvgIpc) is 2.75. The maximum absolute atomic E-state index is 12.0. The second kappa shape index (κ2) is 10.5. The van der Waals surface area contributed by atoms with Gasteiger partial charge in [-0.25, -0.2) is 4.79 Å².